The van der Waals surface area contributed by atoms with E-state index in [0.29, 0.717) is 13.1 Å². The largest absolute Gasteiger partial charge is 0.381 e. The molecule has 3 aliphatic rings. The fourth-order valence-corrected chi connectivity index (χ4v) is 5.09. The Kier molecular flexibility index (Phi) is 5.42. The molecule has 1 fully saturated rings. The Morgan fingerprint density at radius 1 is 1.19 bits per heavy atom. The van der Waals surface area contributed by atoms with Gasteiger partial charge in [-0.2, -0.15) is 5.10 Å². The number of fused-ring (bicyclic) bond motifs is 2. The molecule has 0 radical (unpaired) electrons. The quantitative estimate of drug-likeness (QED) is 0.734. The van der Waals surface area contributed by atoms with Gasteiger partial charge in [0, 0.05) is 62.2 Å². The van der Waals surface area contributed by atoms with Crippen LogP contribution in [0.3, 0.4) is 0 Å². The van der Waals surface area contributed by atoms with E-state index < -0.39 is 6.43 Å². The zero-order chi connectivity index (χ0) is 21.5. The number of carbonyl (C=O) groups is 1. The topological polar surface area (TPSA) is 50.6 Å². The molecule has 0 bridgehead atoms. The monoisotopic (exact) mass is 430 g/mol. The van der Waals surface area contributed by atoms with Crippen LogP contribution in [0.1, 0.15) is 61.0 Å². The van der Waals surface area contributed by atoms with E-state index in [0.717, 1.165) is 74.5 Å². The van der Waals surface area contributed by atoms with Gasteiger partial charge < -0.3 is 14.5 Å². The van der Waals surface area contributed by atoms with E-state index in [2.05, 4.69) is 9.58 Å². The lowest BCUT2D eigenvalue weighted by Crippen LogP contribution is -2.36. The number of hydrogen-bond donors (Lipinski definition) is 0. The van der Waals surface area contributed by atoms with Crippen molar-refractivity contribution in [3.63, 3.8) is 0 Å². The first-order chi connectivity index (χ1) is 15.0. The Morgan fingerprint density at radius 2 is 2.00 bits per heavy atom. The lowest BCUT2D eigenvalue weighted by atomic mass is 9.98. The molecule has 3 aliphatic heterocycles. The van der Waals surface area contributed by atoms with E-state index in [1.807, 2.05) is 11.0 Å². The Morgan fingerprint density at radius 3 is 2.74 bits per heavy atom. The number of aryl methyl sites for hydroxylation is 1. The highest BCUT2D eigenvalue weighted by molar-refractivity contribution is 5.75. The van der Waals surface area contributed by atoms with Gasteiger partial charge in [-0.3, -0.25) is 9.48 Å². The van der Waals surface area contributed by atoms with Crippen molar-refractivity contribution in [2.45, 2.75) is 58.0 Å². The molecule has 6 nitrogen and oxygen atoms in total. The Labute approximate surface area is 180 Å². The molecule has 166 valence electrons. The summed E-state index contributed by atoms with van der Waals surface area (Å²) < 4.78 is 34.6. The average Bonchev–Trinajstić information content (AvgIpc) is 3.17. The number of hydrogen-bond acceptors (Lipinski definition) is 4. The lowest BCUT2D eigenvalue weighted by molar-refractivity contribution is -0.129. The van der Waals surface area contributed by atoms with E-state index in [1.165, 1.54) is 11.8 Å². The summed E-state index contributed by atoms with van der Waals surface area (Å²) >= 11 is 0. The zero-order valence-corrected chi connectivity index (χ0v) is 17.8. The van der Waals surface area contributed by atoms with Crippen LogP contribution in [-0.2, 0) is 28.9 Å². The number of halogens is 2. The molecule has 4 heterocycles. The molecule has 0 spiro atoms. The normalized spacial score (nSPS) is 19.5. The number of nitrogens with zero attached hydrogens (tertiary/aromatic N) is 4. The van der Waals surface area contributed by atoms with Gasteiger partial charge in [-0.25, -0.2) is 8.78 Å². The van der Waals surface area contributed by atoms with Crippen molar-refractivity contribution in [2.75, 3.05) is 31.2 Å². The summed E-state index contributed by atoms with van der Waals surface area (Å²) in [5, 5.41) is 5.07. The van der Waals surface area contributed by atoms with Gasteiger partial charge in [-0.15, -0.1) is 0 Å². The minimum atomic E-state index is -2.50. The molecule has 1 aromatic heterocycles. The summed E-state index contributed by atoms with van der Waals surface area (Å²) in [5.41, 5.74) is 4.17. The van der Waals surface area contributed by atoms with Gasteiger partial charge >= 0.3 is 0 Å². The number of rotatable bonds is 3. The minimum absolute atomic E-state index is 0.0359. The van der Waals surface area contributed by atoms with Crippen LogP contribution in [-0.4, -0.2) is 46.9 Å². The van der Waals surface area contributed by atoms with Crippen molar-refractivity contribution in [1.82, 2.24) is 14.7 Å². The highest BCUT2D eigenvalue weighted by Crippen LogP contribution is 2.40. The maximum Gasteiger partial charge on any atom is 0.263 e. The fraction of sp³-hybridized carbons (Fsp3) is 0.565. The van der Waals surface area contributed by atoms with Crippen molar-refractivity contribution in [1.29, 1.82) is 0 Å². The SMILES string of the molecule is CC(=O)N1CCc2c(c(N3CCCc4ccc(C(F)F)cc43)nn2C2CCOCC2)C1. The van der Waals surface area contributed by atoms with Crippen LogP contribution in [0.2, 0.25) is 0 Å². The van der Waals surface area contributed by atoms with Crippen LogP contribution < -0.4 is 4.90 Å². The Balaban J connectivity index is 1.60. The second kappa shape index (κ2) is 8.22. The number of ether oxygens (including phenoxy) is 1. The van der Waals surface area contributed by atoms with E-state index in [1.54, 1.807) is 13.0 Å². The summed E-state index contributed by atoms with van der Waals surface area (Å²) in [6.07, 6.45) is 1.90. The van der Waals surface area contributed by atoms with Crippen LogP contribution in [0.5, 0.6) is 0 Å². The van der Waals surface area contributed by atoms with Crippen molar-refractivity contribution in [2.24, 2.45) is 0 Å². The Hall–Kier alpha value is -2.48. The van der Waals surface area contributed by atoms with E-state index in [-0.39, 0.29) is 17.5 Å². The molecule has 1 saturated heterocycles. The molecular weight excluding hydrogens is 402 g/mol. The van der Waals surface area contributed by atoms with Crippen molar-refractivity contribution in [3.8, 4) is 0 Å². The average molecular weight is 430 g/mol. The molecule has 1 aromatic carbocycles. The number of benzene rings is 1. The molecule has 1 amide bonds. The molecule has 0 unspecified atom stereocenters. The van der Waals surface area contributed by atoms with Crippen LogP contribution in [0, 0.1) is 0 Å². The van der Waals surface area contributed by atoms with Crippen molar-refractivity contribution in [3.05, 3.63) is 40.6 Å². The minimum Gasteiger partial charge on any atom is -0.381 e. The fourth-order valence-electron chi connectivity index (χ4n) is 5.09. The Bertz CT molecular complexity index is 984. The second-order valence-corrected chi connectivity index (χ2v) is 8.67. The first kappa shape index (κ1) is 20.4. The lowest BCUT2D eigenvalue weighted by Gasteiger charge is -2.33. The zero-order valence-electron chi connectivity index (χ0n) is 17.8. The van der Waals surface area contributed by atoms with Crippen LogP contribution in [0.15, 0.2) is 18.2 Å². The molecule has 5 rings (SSSR count). The number of alkyl halides is 2. The smallest absolute Gasteiger partial charge is 0.263 e. The number of carbonyl (C=O) groups excluding carboxylic acids is 1. The molecular formula is C23H28F2N4O2. The van der Waals surface area contributed by atoms with Gasteiger partial charge in [-0.1, -0.05) is 12.1 Å². The summed E-state index contributed by atoms with van der Waals surface area (Å²) in [6.45, 7) is 4.97. The maximum absolute atomic E-state index is 13.4. The second-order valence-electron chi connectivity index (χ2n) is 8.67. The standard InChI is InChI=1S/C23H28F2N4O2/c1-15(30)27-10-6-20-19(14-27)23(26-29(20)18-7-11-31-12-8-18)28-9-2-3-16-4-5-17(22(24)25)13-21(16)28/h4-5,13,18,22H,2-3,6-12,14H2,1H3. The summed E-state index contributed by atoms with van der Waals surface area (Å²) in [7, 11) is 0. The van der Waals surface area contributed by atoms with E-state index >= 15 is 0 Å². The number of anilines is 2. The van der Waals surface area contributed by atoms with Crippen molar-refractivity contribution < 1.29 is 18.3 Å². The first-order valence-corrected chi connectivity index (χ1v) is 11.1. The third-order valence-corrected chi connectivity index (χ3v) is 6.78. The highest BCUT2D eigenvalue weighted by Gasteiger charge is 2.33. The van der Waals surface area contributed by atoms with Gasteiger partial charge in [-0.05, 0) is 37.3 Å². The molecule has 0 atom stereocenters. The summed E-state index contributed by atoms with van der Waals surface area (Å²) in [6, 6.07) is 5.24. The maximum atomic E-state index is 13.4. The molecule has 31 heavy (non-hydrogen) atoms. The van der Waals surface area contributed by atoms with Gasteiger partial charge in [0.1, 0.15) is 0 Å². The third kappa shape index (κ3) is 3.71. The molecule has 0 aliphatic carbocycles. The van der Waals surface area contributed by atoms with Crippen LogP contribution in [0.25, 0.3) is 0 Å². The number of aromatic nitrogens is 2. The summed E-state index contributed by atoms with van der Waals surface area (Å²) in [4.78, 5) is 16.1. The summed E-state index contributed by atoms with van der Waals surface area (Å²) in [5.74, 6) is 0.870. The predicted molar refractivity (Wildman–Crippen MR) is 113 cm³/mol. The molecule has 8 heteroatoms. The van der Waals surface area contributed by atoms with Gasteiger partial charge in [0.2, 0.25) is 5.91 Å². The molecule has 0 saturated carbocycles. The molecule has 2 aromatic rings. The van der Waals surface area contributed by atoms with E-state index in [9.17, 15) is 13.6 Å². The van der Waals surface area contributed by atoms with Gasteiger partial charge in [0.15, 0.2) is 5.82 Å². The number of amides is 1. The van der Waals surface area contributed by atoms with Gasteiger partial charge in [0.25, 0.3) is 6.43 Å². The highest BCUT2D eigenvalue weighted by atomic mass is 19.3. The van der Waals surface area contributed by atoms with Crippen LogP contribution in [0.4, 0.5) is 20.3 Å². The molecule has 0 N–H and O–H groups in total. The van der Waals surface area contributed by atoms with Crippen LogP contribution >= 0.6 is 0 Å². The van der Waals surface area contributed by atoms with Crippen molar-refractivity contribution >= 4 is 17.4 Å². The van der Waals surface area contributed by atoms with E-state index in [4.69, 9.17) is 9.84 Å². The first-order valence-electron chi connectivity index (χ1n) is 11.1. The van der Waals surface area contributed by atoms with Gasteiger partial charge in [0.05, 0.1) is 12.6 Å². The predicted octanol–water partition coefficient (Wildman–Crippen LogP) is 4.16. The third-order valence-electron chi connectivity index (χ3n) is 6.78.